The van der Waals surface area contributed by atoms with Crippen molar-refractivity contribution in [2.24, 2.45) is 0 Å². The summed E-state index contributed by atoms with van der Waals surface area (Å²) in [6, 6.07) is 8.16. The number of fused-ring (bicyclic) bond motifs is 1. The van der Waals surface area contributed by atoms with Gasteiger partial charge in [-0.05, 0) is 29.4 Å². The number of carbonyl (C=O) groups is 1. The van der Waals surface area contributed by atoms with Crippen LogP contribution in [-0.4, -0.2) is 33.3 Å². The van der Waals surface area contributed by atoms with Crippen molar-refractivity contribution in [3.63, 3.8) is 0 Å². The van der Waals surface area contributed by atoms with Crippen LogP contribution in [-0.2, 0) is 25.2 Å². The predicted molar refractivity (Wildman–Crippen MR) is 82.3 cm³/mol. The number of methoxy groups -OCH3 is 2. The van der Waals surface area contributed by atoms with E-state index in [1.54, 1.807) is 7.11 Å². The van der Waals surface area contributed by atoms with Crippen LogP contribution in [0.25, 0.3) is 0 Å². The molecule has 0 radical (unpaired) electrons. The van der Waals surface area contributed by atoms with Crippen molar-refractivity contribution in [2.45, 2.75) is 37.6 Å². The topological polar surface area (TPSA) is 47.6 Å². The number of ether oxygens (including phenoxy) is 2. The Labute approximate surface area is 126 Å². The Hall–Kier alpha value is -1.39. The third-order valence-corrected chi connectivity index (χ3v) is 4.51. The molecular weight excluding hydrogens is 266 g/mol. The molecule has 0 spiro atoms. The van der Waals surface area contributed by atoms with Gasteiger partial charge < -0.3 is 9.47 Å². The molecule has 21 heavy (non-hydrogen) atoms. The average molecular weight is 291 g/mol. The van der Waals surface area contributed by atoms with Crippen LogP contribution >= 0.6 is 0 Å². The molecule has 0 saturated heterocycles. The Morgan fingerprint density at radius 2 is 1.86 bits per heavy atom. The fraction of sp³-hybridized carbons (Fsp3) is 0.588. The summed E-state index contributed by atoms with van der Waals surface area (Å²) >= 11 is 0. The molecule has 1 unspecified atom stereocenters. The minimum absolute atomic E-state index is 0.0665. The lowest BCUT2D eigenvalue weighted by atomic mass is 9.65. The van der Waals surface area contributed by atoms with E-state index < -0.39 is 5.54 Å². The van der Waals surface area contributed by atoms with Gasteiger partial charge in [0.05, 0.1) is 13.7 Å². The number of nitrogens with one attached hydrogen (secondary N) is 1. The maximum atomic E-state index is 12.5. The first kappa shape index (κ1) is 16.0. The van der Waals surface area contributed by atoms with Crippen LogP contribution in [0.15, 0.2) is 24.3 Å². The molecule has 0 aliphatic heterocycles. The Morgan fingerprint density at radius 3 is 2.48 bits per heavy atom. The molecule has 1 aliphatic carbocycles. The van der Waals surface area contributed by atoms with Crippen LogP contribution in [0.3, 0.4) is 0 Å². The van der Waals surface area contributed by atoms with Crippen LogP contribution in [0.4, 0.5) is 0 Å². The molecule has 0 saturated carbocycles. The Balaban J connectivity index is 2.48. The van der Waals surface area contributed by atoms with Gasteiger partial charge in [0, 0.05) is 13.7 Å². The van der Waals surface area contributed by atoms with Crippen molar-refractivity contribution >= 4 is 5.97 Å². The molecular formula is C17H25NO3. The van der Waals surface area contributed by atoms with Crippen molar-refractivity contribution in [3.05, 3.63) is 35.4 Å². The Kier molecular flexibility index (Phi) is 4.69. The second-order valence-corrected chi connectivity index (χ2v) is 6.25. The molecule has 0 amide bonds. The predicted octanol–water partition coefficient (Wildman–Crippen LogP) is 2.36. The molecule has 1 aliphatic rings. The summed E-state index contributed by atoms with van der Waals surface area (Å²) in [4.78, 5) is 12.5. The van der Waals surface area contributed by atoms with E-state index in [2.05, 4.69) is 25.2 Å². The van der Waals surface area contributed by atoms with Gasteiger partial charge in [-0.1, -0.05) is 38.1 Å². The number of benzene rings is 1. The second-order valence-electron chi connectivity index (χ2n) is 6.25. The van der Waals surface area contributed by atoms with Gasteiger partial charge in [0.2, 0.25) is 0 Å². The summed E-state index contributed by atoms with van der Waals surface area (Å²) in [6.45, 7) is 5.62. The van der Waals surface area contributed by atoms with E-state index in [9.17, 15) is 4.79 Å². The van der Waals surface area contributed by atoms with Crippen LogP contribution in [0.5, 0.6) is 0 Å². The van der Waals surface area contributed by atoms with Crippen molar-refractivity contribution < 1.29 is 14.3 Å². The summed E-state index contributed by atoms with van der Waals surface area (Å²) in [7, 11) is 3.11. The zero-order valence-electron chi connectivity index (χ0n) is 13.4. The molecule has 0 fully saturated rings. The zero-order valence-corrected chi connectivity index (χ0v) is 13.4. The molecule has 0 heterocycles. The molecule has 1 atom stereocenters. The third-order valence-electron chi connectivity index (χ3n) is 4.51. The lowest BCUT2D eigenvalue weighted by Gasteiger charge is -2.44. The van der Waals surface area contributed by atoms with Crippen molar-refractivity contribution in [1.82, 2.24) is 5.32 Å². The quantitative estimate of drug-likeness (QED) is 0.668. The fourth-order valence-electron chi connectivity index (χ4n) is 3.22. The van der Waals surface area contributed by atoms with E-state index in [1.807, 2.05) is 18.2 Å². The minimum Gasteiger partial charge on any atom is -0.467 e. The molecule has 4 nitrogen and oxygen atoms in total. The second kappa shape index (κ2) is 6.16. The number of carbonyl (C=O) groups excluding carboxylic acids is 1. The number of hydrogen-bond donors (Lipinski definition) is 1. The Bertz CT molecular complexity index is 513. The normalized spacial score (nSPS) is 23.4. The highest BCUT2D eigenvalue weighted by atomic mass is 16.5. The van der Waals surface area contributed by atoms with Gasteiger partial charge >= 0.3 is 5.97 Å². The van der Waals surface area contributed by atoms with Gasteiger partial charge in [0.15, 0.2) is 0 Å². The van der Waals surface area contributed by atoms with E-state index >= 15 is 0 Å². The van der Waals surface area contributed by atoms with Crippen LogP contribution in [0, 0.1) is 0 Å². The van der Waals surface area contributed by atoms with Crippen molar-refractivity contribution in [2.75, 3.05) is 27.4 Å². The highest BCUT2D eigenvalue weighted by Crippen LogP contribution is 2.45. The lowest BCUT2D eigenvalue weighted by Crippen LogP contribution is -2.54. The molecule has 0 bridgehead atoms. The van der Waals surface area contributed by atoms with Crippen LogP contribution < -0.4 is 5.32 Å². The summed E-state index contributed by atoms with van der Waals surface area (Å²) in [6.07, 6.45) is 1.66. The summed E-state index contributed by atoms with van der Waals surface area (Å²) in [5.74, 6) is -0.221. The van der Waals surface area contributed by atoms with Gasteiger partial charge in [0.1, 0.15) is 5.54 Å². The zero-order chi connectivity index (χ0) is 15.5. The monoisotopic (exact) mass is 291 g/mol. The molecule has 0 aromatic heterocycles. The number of rotatable bonds is 5. The average Bonchev–Trinajstić information content (AvgIpc) is 2.49. The molecule has 2 rings (SSSR count). The molecule has 4 heteroatoms. The van der Waals surface area contributed by atoms with Crippen LogP contribution in [0.2, 0.25) is 0 Å². The van der Waals surface area contributed by atoms with Gasteiger partial charge in [-0.15, -0.1) is 0 Å². The first-order valence-electron chi connectivity index (χ1n) is 7.40. The maximum absolute atomic E-state index is 12.5. The summed E-state index contributed by atoms with van der Waals surface area (Å²) < 4.78 is 10.2. The van der Waals surface area contributed by atoms with E-state index in [0.717, 1.165) is 18.4 Å². The van der Waals surface area contributed by atoms with Crippen molar-refractivity contribution in [1.29, 1.82) is 0 Å². The highest BCUT2D eigenvalue weighted by Gasteiger charge is 2.48. The minimum atomic E-state index is -0.764. The molecule has 116 valence electrons. The molecule has 1 N–H and O–H groups in total. The Morgan fingerprint density at radius 1 is 1.19 bits per heavy atom. The van der Waals surface area contributed by atoms with Crippen molar-refractivity contribution in [3.8, 4) is 0 Å². The SMILES string of the molecule is COCCNC1(C(=O)OC)CCC(C)(C)c2ccccc21. The van der Waals surface area contributed by atoms with Gasteiger partial charge in [-0.25, -0.2) is 4.79 Å². The largest absolute Gasteiger partial charge is 0.467 e. The smallest absolute Gasteiger partial charge is 0.330 e. The van der Waals surface area contributed by atoms with E-state index in [-0.39, 0.29) is 11.4 Å². The number of esters is 1. The summed E-state index contributed by atoms with van der Waals surface area (Å²) in [5, 5.41) is 3.38. The van der Waals surface area contributed by atoms with Gasteiger partial charge in [0.25, 0.3) is 0 Å². The number of hydrogen-bond acceptors (Lipinski definition) is 4. The standard InChI is InChI=1S/C17H25NO3/c1-16(2)9-10-17(15(19)21-4,18-11-12-20-3)14-8-6-5-7-13(14)16/h5-8,18H,9-12H2,1-4H3. The lowest BCUT2D eigenvalue weighted by molar-refractivity contribution is -0.150. The van der Waals surface area contributed by atoms with Gasteiger partial charge in [-0.2, -0.15) is 0 Å². The van der Waals surface area contributed by atoms with E-state index in [0.29, 0.717) is 13.2 Å². The van der Waals surface area contributed by atoms with E-state index in [1.165, 1.54) is 12.7 Å². The van der Waals surface area contributed by atoms with Gasteiger partial charge in [-0.3, -0.25) is 5.32 Å². The fourth-order valence-corrected chi connectivity index (χ4v) is 3.22. The third kappa shape index (κ3) is 2.83. The van der Waals surface area contributed by atoms with Crippen LogP contribution in [0.1, 0.15) is 37.8 Å². The summed E-state index contributed by atoms with van der Waals surface area (Å²) in [5.41, 5.74) is 1.55. The highest BCUT2D eigenvalue weighted by molar-refractivity contribution is 5.84. The first-order valence-corrected chi connectivity index (χ1v) is 7.40. The first-order chi connectivity index (χ1) is 9.98. The molecule has 1 aromatic rings. The maximum Gasteiger partial charge on any atom is 0.330 e. The molecule has 1 aromatic carbocycles. The van der Waals surface area contributed by atoms with E-state index in [4.69, 9.17) is 9.47 Å².